The van der Waals surface area contributed by atoms with Gasteiger partial charge in [-0.3, -0.25) is 4.90 Å². The number of nitrogens with zero attached hydrogens (tertiary/aromatic N) is 1. The van der Waals surface area contributed by atoms with Crippen LogP contribution in [0.3, 0.4) is 0 Å². The van der Waals surface area contributed by atoms with E-state index in [2.05, 4.69) is 52.7 Å². The van der Waals surface area contributed by atoms with Gasteiger partial charge in [0.1, 0.15) is 0 Å². The number of hydrogen-bond acceptors (Lipinski definition) is 2. The van der Waals surface area contributed by atoms with E-state index in [9.17, 15) is 0 Å². The molecule has 2 bridgehead atoms. The number of likely N-dealkylation sites (tertiary alicyclic amines) is 1. The molecule has 0 spiro atoms. The van der Waals surface area contributed by atoms with Crippen molar-refractivity contribution < 1.29 is 0 Å². The summed E-state index contributed by atoms with van der Waals surface area (Å²) in [5, 5.41) is 6.26. The summed E-state index contributed by atoms with van der Waals surface area (Å²) in [6.45, 7) is 3.50. The third-order valence-corrected chi connectivity index (χ3v) is 4.37. The molecule has 2 aliphatic rings. The first-order valence-corrected chi connectivity index (χ1v) is 6.83. The summed E-state index contributed by atoms with van der Waals surface area (Å²) in [6, 6.07) is 17.0. The first-order valence-electron chi connectivity index (χ1n) is 6.83. The fourth-order valence-corrected chi connectivity index (χ4v) is 3.41. The molecule has 2 aromatic carbocycles. The molecule has 0 radical (unpaired) electrons. The summed E-state index contributed by atoms with van der Waals surface area (Å²) in [6.07, 6.45) is 1.34. The van der Waals surface area contributed by atoms with Gasteiger partial charge in [0.2, 0.25) is 0 Å². The average molecular weight is 238 g/mol. The normalized spacial score (nSPS) is 27.1. The Morgan fingerprint density at radius 1 is 1.11 bits per heavy atom. The number of fused-ring (bicyclic) bond motifs is 3. The maximum absolute atomic E-state index is 3.56. The van der Waals surface area contributed by atoms with Crippen LogP contribution in [-0.2, 0) is 6.54 Å². The van der Waals surface area contributed by atoms with Gasteiger partial charge in [0.15, 0.2) is 0 Å². The van der Waals surface area contributed by atoms with E-state index in [-0.39, 0.29) is 0 Å². The van der Waals surface area contributed by atoms with E-state index in [1.165, 1.54) is 35.8 Å². The minimum absolute atomic E-state index is 0.746. The van der Waals surface area contributed by atoms with Crippen molar-refractivity contribution in [2.24, 2.45) is 0 Å². The molecule has 2 aromatic rings. The van der Waals surface area contributed by atoms with Crippen LogP contribution < -0.4 is 5.32 Å². The highest BCUT2D eigenvalue weighted by Gasteiger charge is 2.37. The van der Waals surface area contributed by atoms with E-state index in [1.807, 2.05) is 0 Å². The predicted octanol–water partition coefficient (Wildman–Crippen LogP) is 2.39. The Balaban J connectivity index is 1.59. The molecule has 2 heterocycles. The molecule has 0 unspecified atom stereocenters. The van der Waals surface area contributed by atoms with Gasteiger partial charge in [0.05, 0.1) is 0 Å². The topological polar surface area (TPSA) is 15.3 Å². The summed E-state index contributed by atoms with van der Waals surface area (Å²) in [5.74, 6) is 0. The zero-order valence-electron chi connectivity index (χ0n) is 10.5. The van der Waals surface area contributed by atoms with Crippen LogP contribution >= 0.6 is 0 Å². The molecule has 1 N–H and O–H groups in total. The molecule has 2 heteroatoms. The lowest BCUT2D eigenvalue weighted by atomic mass is 10.1. The first kappa shape index (κ1) is 10.5. The number of piperazine rings is 1. The smallest absolute Gasteiger partial charge is 0.0240 e. The van der Waals surface area contributed by atoms with Crippen molar-refractivity contribution in [2.45, 2.75) is 25.0 Å². The molecule has 4 rings (SSSR count). The summed E-state index contributed by atoms with van der Waals surface area (Å²) in [7, 11) is 0. The van der Waals surface area contributed by atoms with Crippen molar-refractivity contribution in [3.63, 3.8) is 0 Å². The quantitative estimate of drug-likeness (QED) is 0.864. The minimum Gasteiger partial charge on any atom is -0.311 e. The highest BCUT2D eigenvalue weighted by molar-refractivity contribution is 5.82. The van der Waals surface area contributed by atoms with E-state index in [0.717, 1.165) is 18.6 Å². The largest absolute Gasteiger partial charge is 0.311 e. The highest BCUT2D eigenvalue weighted by Crippen LogP contribution is 2.26. The lowest BCUT2D eigenvalue weighted by Crippen LogP contribution is -2.42. The Hall–Kier alpha value is -1.38. The van der Waals surface area contributed by atoms with Crippen LogP contribution in [0, 0.1) is 0 Å². The third-order valence-electron chi connectivity index (χ3n) is 4.37. The highest BCUT2D eigenvalue weighted by atomic mass is 15.3. The zero-order chi connectivity index (χ0) is 11.9. The predicted molar refractivity (Wildman–Crippen MR) is 74.6 cm³/mol. The van der Waals surface area contributed by atoms with Gasteiger partial charge in [-0.25, -0.2) is 0 Å². The zero-order valence-corrected chi connectivity index (χ0v) is 10.5. The van der Waals surface area contributed by atoms with Crippen molar-refractivity contribution >= 4 is 10.8 Å². The summed E-state index contributed by atoms with van der Waals surface area (Å²) in [4.78, 5) is 2.63. The Kier molecular flexibility index (Phi) is 2.39. The van der Waals surface area contributed by atoms with Crippen molar-refractivity contribution in [3.05, 3.63) is 48.0 Å². The number of nitrogens with one attached hydrogen (secondary N) is 1. The van der Waals surface area contributed by atoms with E-state index in [4.69, 9.17) is 0 Å². The molecule has 0 amide bonds. The monoisotopic (exact) mass is 238 g/mol. The molecule has 92 valence electrons. The first-order chi connectivity index (χ1) is 8.88. The van der Waals surface area contributed by atoms with Gasteiger partial charge in [-0.2, -0.15) is 0 Å². The van der Waals surface area contributed by atoms with E-state index >= 15 is 0 Å². The SMILES string of the molecule is c1ccc2cc(CN3C[C@H]4C[C@@H]3CN4)ccc2c1. The summed E-state index contributed by atoms with van der Waals surface area (Å²) >= 11 is 0. The maximum atomic E-state index is 3.56. The van der Waals surface area contributed by atoms with Crippen LogP contribution in [0.5, 0.6) is 0 Å². The number of benzene rings is 2. The molecule has 0 aromatic heterocycles. The Bertz CT molecular complexity index is 578. The molecule has 18 heavy (non-hydrogen) atoms. The van der Waals surface area contributed by atoms with Crippen LogP contribution in [0.25, 0.3) is 10.8 Å². The molecule has 2 nitrogen and oxygen atoms in total. The van der Waals surface area contributed by atoms with E-state index in [0.29, 0.717) is 0 Å². The third kappa shape index (κ3) is 1.73. The van der Waals surface area contributed by atoms with Crippen molar-refractivity contribution in [3.8, 4) is 0 Å². The van der Waals surface area contributed by atoms with Gasteiger partial charge in [-0.15, -0.1) is 0 Å². The van der Waals surface area contributed by atoms with Gasteiger partial charge in [0.25, 0.3) is 0 Å². The molecule has 0 saturated carbocycles. The Morgan fingerprint density at radius 3 is 2.78 bits per heavy atom. The second kappa shape index (κ2) is 4.08. The van der Waals surface area contributed by atoms with Gasteiger partial charge in [-0.05, 0) is 28.8 Å². The van der Waals surface area contributed by atoms with Gasteiger partial charge in [-0.1, -0.05) is 36.4 Å². The Labute approximate surface area is 108 Å². The van der Waals surface area contributed by atoms with Gasteiger partial charge >= 0.3 is 0 Å². The van der Waals surface area contributed by atoms with Crippen LogP contribution in [-0.4, -0.2) is 30.1 Å². The Morgan fingerprint density at radius 2 is 2.00 bits per heavy atom. The lowest BCUT2D eigenvalue weighted by molar-refractivity contribution is 0.218. The second-order valence-electron chi connectivity index (χ2n) is 5.61. The maximum Gasteiger partial charge on any atom is 0.0240 e. The standard InChI is InChI=1S/C16H18N2/c1-2-4-14-7-12(5-6-13(14)3-1)10-18-11-15-8-16(18)9-17-15/h1-7,15-17H,8-11H2/t15-,16-/m1/s1. The molecular formula is C16H18N2. The van der Waals surface area contributed by atoms with Crippen LogP contribution in [0.2, 0.25) is 0 Å². The molecule has 2 aliphatic heterocycles. The van der Waals surface area contributed by atoms with Gasteiger partial charge in [0, 0.05) is 31.7 Å². The lowest BCUT2D eigenvalue weighted by Gasteiger charge is -2.27. The summed E-state index contributed by atoms with van der Waals surface area (Å²) in [5.41, 5.74) is 1.45. The molecule has 2 fully saturated rings. The molecule has 2 saturated heterocycles. The van der Waals surface area contributed by atoms with Crippen LogP contribution in [0.4, 0.5) is 0 Å². The van der Waals surface area contributed by atoms with Crippen molar-refractivity contribution in [1.82, 2.24) is 10.2 Å². The summed E-state index contributed by atoms with van der Waals surface area (Å²) < 4.78 is 0. The number of hydrogen-bond donors (Lipinski definition) is 1. The van der Waals surface area contributed by atoms with Crippen LogP contribution in [0.15, 0.2) is 42.5 Å². The van der Waals surface area contributed by atoms with Crippen LogP contribution in [0.1, 0.15) is 12.0 Å². The van der Waals surface area contributed by atoms with Crippen molar-refractivity contribution in [2.75, 3.05) is 13.1 Å². The van der Waals surface area contributed by atoms with Crippen molar-refractivity contribution in [1.29, 1.82) is 0 Å². The van der Waals surface area contributed by atoms with Gasteiger partial charge < -0.3 is 5.32 Å². The fourth-order valence-electron chi connectivity index (χ4n) is 3.41. The second-order valence-corrected chi connectivity index (χ2v) is 5.61. The molecule has 0 aliphatic carbocycles. The fraction of sp³-hybridized carbons (Fsp3) is 0.375. The van der Waals surface area contributed by atoms with E-state index < -0.39 is 0 Å². The minimum atomic E-state index is 0.746. The number of rotatable bonds is 2. The molecular weight excluding hydrogens is 220 g/mol. The van der Waals surface area contributed by atoms with E-state index in [1.54, 1.807) is 0 Å². The molecule has 2 atom stereocenters. The average Bonchev–Trinajstić information content (AvgIpc) is 3.01.